The van der Waals surface area contributed by atoms with Crippen LogP contribution in [0.3, 0.4) is 0 Å². The van der Waals surface area contributed by atoms with Crippen molar-refractivity contribution in [3.8, 4) is 0 Å². The molecule has 1 N–H and O–H groups in total. The molecule has 2 atom stereocenters. The van der Waals surface area contributed by atoms with Crippen LogP contribution in [0, 0.1) is 6.92 Å². The van der Waals surface area contributed by atoms with Crippen molar-refractivity contribution >= 4 is 23.4 Å². The van der Waals surface area contributed by atoms with Gasteiger partial charge >= 0.3 is 0 Å². The van der Waals surface area contributed by atoms with Gasteiger partial charge in [-0.25, -0.2) is 0 Å². The van der Waals surface area contributed by atoms with Crippen molar-refractivity contribution in [1.82, 2.24) is 4.90 Å². The molecule has 0 bridgehead atoms. The summed E-state index contributed by atoms with van der Waals surface area (Å²) in [7, 11) is 0. The summed E-state index contributed by atoms with van der Waals surface area (Å²) in [5.74, 6) is 0.160. The molecule has 0 aromatic heterocycles. The van der Waals surface area contributed by atoms with E-state index in [1.807, 2.05) is 28.8 Å². The molecular formula is C17H26N2OS. The third kappa shape index (κ3) is 4.16. The van der Waals surface area contributed by atoms with Gasteiger partial charge in [-0.15, -0.1) is 0 Å². The fourth-order valence-corrected chi connectivity index (χ4v) is 4.09. The summed E-state index contributed by atoms with van der Waals surface area (Å²) in [4.78, 5) is 14.9. The fourth-order valence-electron chi connectivity index (χ4n) is 2.76. The third-order valence-corrected chi connectivity index (χ3v) is 4.91. The molecule has 1 heterocycles. The molecule has 1 saturated heterocycles. The van der Waals surface area contributed by atoms with E-state index >= 15 is 0 Å². The molecule has 1 fully saturated rings. The number of nitrogens with one attached hydrogen (secondary N) is 1. The number of hydrogen-bond acceptors (Lipinski definition) is 3. The van der Waals surface area contributed by atoms with Crippen LogP contribution < -0.4 is 5.32 Å². The molecule has 4 heteroatoms. The molecular weight excluding hydrogens is 280 g/mol. The summed E-state index contributed by atoms with van der Waals surface area (Å²) in [6.45, 7) is 11.2. The number of amides is 1. The van der Waals surface area contributed by atoms with Gasteiger partial charge in [0, 0.05) is 35.8 Å². The molecule has 0 spiro atoms. The van der Waals surface area contributed by atoms with E-state index in [0.29, 0.717) is 10.5 Å². The van der Waals surface area contributed by atoms with E-state index in [-0.39, 0.29) is 5.91 Å². The maximum Gasteiger partial charge on any atom is 0.256 e. The second kappa shape index (κ2) is 7.21. The second-order valence-electron chi connectivity index (χ2n) is 5.94. The summed E-state index contributed by atoms with van der Waals surface area (Å²) in [6.07, 6.45) is 1.05. The Bertz CT molecular complexity index is 494. The lowest BCUT2D eigenvalue weighted by Gasteiger charge is -2.35. The van der Waals surface area contributed by atoms with E-state index < -0.39 is 0 Å². The van der Waals surface area contributed by atoms with Gasteiger partial charge in [-0.2, -0.15) is 11.8 Å². The van der Waals surface area contributed by atoms with Crippen LogP contribution in [0.15, 0.2) is 18.2 Å². The predicted octanol–water partition coefficient (Wildman–Crippen LogP) is 3.78. The molecule has 1 aliphatic rings. The first kappa shape index (κ1) is 16.2. The van der Waals surface area contributed by atoms with Crippen molar-refractivity contribution < 1.29 is 4.79 Å². The number of thioether (sulfide) groups is 1. The van der Waals surface area contributed by atoms with Crippen LogP contribution in [0.25, 0.3) is 0 Å². The van der Waals surface area contributed by atoms with Gasteiger partial charge in [-0.3, -0.25) is 4.79 Å². The topological polar surface area (TPSA) is 32.3 Å². The normalized spacial score (nSPS) is 22.2. The minimum Gasteiger partial charge on any atom is -0.384 e. The monoisotopic (exact) mass is 306 g/mol. The number of benzene rings is 1. The van der Waals surface area contributed by atoms with E-state index in [2.05, 4.69) is 39.1 Å². The number of hydrogen-bond donors (Lipinski definition) is 1. The average molecular weight is 306 g/mol. The van der Waals surface area contributed by atoms with E-state index in [0.717, 1.165) is 37.3 Å². The second-order valence-corrected chi connectivity index (χ2v) is 7.82. The highest BCUT2D eigenvalue weighted by Gasteiger charge is 2.27. The maximum absolute atomic E-state index is 12.9. The number of anilines is 1. The Hall–Kier alpha value is -1.16. The number of rotatable bonds is 4. The SMILES string of the molecule is CCCNc1cc(C)ccc1C(=O)N1CC(C)SC(C)C1. The van der Waals surface area contributed by atoms with Crippen molar-refractivity contribution in [1.29, 1.82) is 0 Å². The molecule has 2 unspecified atom stereocenters. The zero-order valence-electron chi connectivity index (χ0n) is 13.5. The van der Waals surface area contributed by atoms with Crippen LogP contribution in [0.1, 0.15) is 43.1 Å². The lowest BCUT2D eigenvalue weighted by molar-refractivity contribution is 0.0754. The van der Waals surface area contributed by atoms with Gasteiger partial charge < -0.3 is 10.2 Å². The largest absolute Gasteiger partial charge is 0.384 e. The summed E-state index contributed by atoms with van der Waals surface area (Å²) >= 11 is 1.97. The van der Waals surface area contributed by atoms with E-state index in [9.17, 15) is 4.79 Å². The third-order valence-electron chi connectivity index (χ3n) is 3.68. The molecule has 116 valence electrons. The van der Waals surface area contributed by atoms with Crippen molar-refractivity contribution in [2.75, 3.05) is 25.0 Å². The fraction of sp³-hybridized carbons (Fsp3) is 0.588. The van der Waals surface area contributed by atoms with E-state index in [1.165, 1.54) is 5.56 Å². The highest BCUT2D eigenvalue weighted by atomic mass is 32.2. The smallest absolute Gasteiger partial charge is 0.256 e. The Kier molecular flexibility index (Phi) is 5.57. The first-order chi connectivity index (χ1) is 10.0. The van der Waals surface area contributed by atoms with E-state index in [1.54, 1.807) is 0 Å². The zero-order valence-corrected chi connectivity index (χ0v) is 14.3. The van der Waals surface area contributed by atoms with E-state index in [4.69, 9.17) is 0 Å². The quantitative estimate of drug-likeness (QED) is 0.918. The van der Waals surface area contributed by atoms with Crippen molar-refractivity contribution in [2.45, 2.75) is 44.6 Å². The molecule has 2 rings (SSSR count). The molecule has 0 saturated carbocycles. The first-order valence-corrected chi connectivity index (χ1v) is 8.74. The lowest BCUT2D eigenvalue weighted by Crippen LogP contribution is -2.44. The molecule has 1 aliphatic heterocycles. The highest BCUT2D eigenvalue weighted by Crippen LogP contribution is 2.27. The Morgan fingerprint density at radius 3 is 2.62 bits per heavy atom. The Morgan fingerprint density at radius 2 is 2.00 bits per heavy atom. The summed E-state index contributed by atoms with van der Waals surface area (Å²) < 4.78 is 0. The highest BCUT2D eigenvalue weighted by molar-refractivity contribution is 8.00. The number of carbonyl (C=O) groups is 1. The van der Waals surface area contributed by atoms with Gasteiger partial charge in [0.2, 0.25) is 0 Å². The molecule has 1 aromatic carbocycles. The molecule has 1 amide bonds. The van der Waals surface area contributed by atoms with Gasteiger partial charge in [0.05, 0.1) is 5.56 Å². The van der Waals surface area contributed by atoms with Gasteiger partial charge in [0.1, 0.15) is 0 Å². The van der Waals surface area contributed by atoms with Crippen LogP contribution >= 0.6 is 11.8 Å². The lowest BCUT2D eigenvalue weighted by atomic mass is 10.1. The number of nitrogens with zero attached hydrogens (tertiary/aromatic N) is 1. The summed E-state index contributed by atoms with van der Waals surface area (Å²) in [6, 6.07) is 6.07. The van der Waals surface area contributed by atoms with Crippen LogP contribution in [0.4, 0.5) is 5.69 Å². The number of carbonyl (C=O) groups excluding carboxylic acids is 1. The molecule has 0 aliphatic carbocycles. The van der Waals surface area contributed by atoms with Crippen LogP contribution in [0.5, 0.6) is 0 Å². The zero-order chi connectivity index (χ0) is 15.4. The van der Waals surface area contributed by atoms with Crippen LogP contribution in [-0.2, 0) is 0 Å². The van der Waals surface area contributed by atoms with Crippen molar-refractivity contribution in [3.63, 3.8) is 0 Å². The van der Waals surface area contributed by atoms with Gasteiger partial charge in [0.25, 0.3) is 5.91 Å². The van der Waals surface area contributed by atoms with Gasteiger partial charge in [-0.1, -0.05) is 26.8 Å². The summed E-state index contributed by atoms with van der Waals surface area (Å²) in [5, 5.41) is 4.41. The molecule has 1 aromatic rings. The van der Waals surface area contributed by atoms with Crippen LogP contribution in [0.2, 0.25) is 0 Å². The summed E-state index contributed by atoms with van der Waals surface area (Å²) in [5.41, 5.74) is 2.96. The first-order valence-electron chi connectivity index (χ1n) is 7.80. The average Bonchev–Trinajstić information content (AvgIpc) is 2.43. The molecule has 21 heavy (non-hydrogen) atoms. The minimum atomic E-state index is 0.160. The Labute approximate surface area is 132 Å². The molecule has 3 nitrogen and oxygen atoms in total. The molecule has 0 radical (unpaired) electrons. The number of aryl methyl sites for hydroxylation is 1. The van der Waals surface area contributed by atoms with Crippen molar-refractivity contribution in [2.24, 2.45) is 0 Å². The Balaban J connectivity index is 2.21. The minimum absolute atomic E-state index is 0.160. The van der Waals surface area contributed by atoms with Crippen LogP contribution in [-0.4, -0.2) is 40.9 Å². The maximum atomic E-state index is 12.9. The standard InChI is InChI=1S/C17H26N2OS/c1-5-8-18-16-9-12(2)6-7-15(16)17(20)19-10-13(3)21-14(4)11-19/h6-7,9,13-14,18H,5,8,10-11H2,1-4H3. The van der Waals surface area contributed by atoms with Gasteiger partial charge in [-0.05, 0) is 31.0 Å². The van der Waals surface area contributed by atoms with Gasteiger partial charge in [0.15, 0.2) is 0 Å². The van der Waals surface area contributed by atoms with Crippen molar-refractivity contribution in [3.05, 3.63) is 29.3 Å². The Morgan fingerprint density at radius 1 is 1.33 bits per heavy atom. The predicted molar refractivity (Wildman–Crippen MR) is 92.4 cm³/mol.